The molecule has 2 aromatic rings. The molecular weight excluding hydrogens is 366 g/mol. The first-order valence-corrected chi connectivity index (χ1v) is 10.6. The number of aromatic nitrogens is 1. The van der Waals surface area contributed by atoms with E-state index in [1.165, 1.54) is 4.31 Å². The van der Waals surface area contributed by atoms with Crippen molar-refractivity contribution in [2.24, 2.45) is 5.92 Å². The van der Waals surface area contributed by atoms with Gasteiger partial charge in [-0.3, -0.25) is 4.79 Å². The molecule has 0 bridgehead atoms. The van der Waals surface area contributed by atoms with E-state index in [4.69, 9.17) is 4.52 Å². The zero-order valence-corrected chi connectivity index (χ0v) is 16.7. The Morgan fingerprint density at radius 3 is 2.59 bits per heavy atom. The second-order valence-electron chi connectivity index (χ2n) is 6.77. The molecule has 0 spiro atoms. The van der Waals surface area contributed by atoms with Crippen LogP contribution in [0.2, 0.25) is 0 Å². The number of hydrogen-bond donors (Lipinski definition) is 0. The smallest absolute Gasteiger partial charge is 0.248 e. The van der Waals surface area contributed by atoms with Crippen molar-refractivity contribution in [2.45, 2.75) is 38.5 Å². The molecular formula is C19H25N3O4S. The minimum atomic E-state index is -3.74. The van der Waals surface area contributed by atoms with Gasteiger partial charge in [-0.05, 0) is 45.7 Å². The molecule has 27 heavy (non-hydrogen) atoms. The van der Waals surface area contributed by atoms with Gasteiger partial charge in [-0.15, -0.1) is 0 Å². The van der Waals surface area contributed by atoms with Crippen molar-refractivity contribution >= 4 is 21.6 Å². The molecule has 1 fully saturated rings. The molecule has 0 N–H and O–H groups in total. The fraction of sp³-hybridized carbons (Fsp3) is 0.474. The van der Waals surface area contributed by atoms with E-state index >= 15 is 0 Å². The van der Waals surface area contributed by atoms with Gasteiger partial charge in [0, 0.05) is 25.3 Å². The second-order valence-corrected chi connectivity index (χ2v) is 8.65. The van der Waals surface area contributed by atoms with Gasteiger partial charge in [0.05, 0.1) is 5.92 Å². The van der Waals surface area contributed by atoms with Gasteiger partial charge in [0.1, 0.15) is 10.6 Å². The highest BCUT2D eigenvalue weighted by atomic mass is 32.2. The van der Waals surface area contributed by atoms with E-state index in [0.29, 0.717) is 31.6 Å². The van der Waals surface area contributed by atoms with Crippen LogP contribution >= 0.6 is 0 Å². The number of hydrogen-bond acceptors (Lipinski definition) is 5. The number of piperidine rings is 1. The van der Waals surface area contributed by atoms with Gasteiger partial charge in [-0.1, -0.05) is 23.4 Å². The standard InChI is InChI=1S/C19H25N3O4S/c1-4-22(17-10-6-5-7-11-17)19(23)16-9-8-12-21(13-16)27(24,25)18-14(2)20-26-15(18)3/h5-7,10-11,16H,4,8-9,12-13H2,1-3H3. The lowest BCUT2D eigenvalue weighted by Gasteiger charge is -2.34. The number of rotatable bonds is 5. The number of benzene rings is 1. The van der Waals surface area contributed by atoms with Gasteiger partial charge in [0.15, 0.2) is 5.76 Å². The molecule has 0 aliphatic carbocycles. The van der Waals surface area contributed by atoms with Crippen LogP contribution in [0.4, 0.5) is 5.69 Å². The lowest BCUT2D eigenvalue weighted by atomic mass is 9.97. The highest BCUT2D eigenvalue weighted by Crippen LogP contribution is 2.29. The molecule has 1 aliphatic rings. The van der Waals surface area contributed by atoms with E-state index in [1.807, 2.05) is 37.3 Å². The minimum absolute atomic E-state index is 0.0395. The molecule has 1 aliphatic heterocycles. The van der Waals surface area contributed by atoms with Gasteiger partial charge >= 0.3 is 0 Å². The average molecular weight is 391 g/mol. The fourth-order valence-corrected chi connectivity index (χ4v) is 5.44. The maximum Gasteiger partial charge on any atom is 0.248 e. The zero-order valence-electron chi connectivity index (χ0n) is 15.9. The van der Waals surface area contributed by atoms with Crippen molar-refractivity contribution < 1.29 is 17.7 Å². The molecule has 146 valence electrons. The number of sulfonamides is 1. The molecule has 1 aromatic carbocycles. The minimum Gasteiger partial charge on any atom is -0.360 e. The summed E-state index contributed by atoms with van der Waals surface area (Å²) < 4.78 is 32.6. The highest BCUT2D eigenvalue weighted by molar-refractivity contribution is 7.89. The summed E-state index contributed by atoms with van der Waals surface area (Å²) in [6.45, 7) is 6.24. The first kappa shape index (κ1) is 19.6. The van der Waals surface area contributed by atoms with Crippen LogP contribution in [0.25, 0.3) is 0 Å². The monoisotopic (exact) mass is 391 g/mol. The third-order valence-electron chi connectivity index (χ3n) is 4.95. The lowest BCUT2D eigenvalue weighted by molar-refractivity contribution is -0.123. The van der Waals surface area contributed by atoms with E-state index in [0.717, 1.165) is 5.69 Å². The Balaban J connectivity index is 1.82. The lowest BCUT2D eigenvalue weighted by Crippen LogP contribution is -2.47. The molecule has 0 saturated carbocycles. The SMILES string of the molecule is CCN(C(=O)C1CCCN(S(=O)(=O)c2c(C)noc2C)C1)c1ccccc1. The van der Waals surface area contributed by atoms with Crippen molar-refractivity contribution in [3.8, 4) is 0 Å². The zero-order chi connectivity index (χ0) is 19.6. The van der Waals surface area contributed by atoms with Gasteiger partial charge in [0.25, 0.3) is 0 Å². The van der Waals surface area contributed by atoms with Gasteiger partial charge in [-0.25, -0.2) is 8.42 Å². The number of nitrogens with zero attached hydrogens (tertiary/aromatic N) is 3. The van der Waals surface area contributed by atoms with Crippen molar-refractivity contribution in [3.05, 3.63) is 41.8 Å². The van der Waals surface area contributed by atoms with Crippen molar-refractivity contribution in [1.82, 2.24) is 9.46 Å². The van der Waals surface area contributed by atoms with Crippen molar-refractivity contribution in [1.29, 1.82) is 0 Å². The second kappa shape index (κ2) is 7.82. The highest BCUT2D eigenvalue weighted by Gasteiger charge is 2.37. The van der Waals surface area contributed by atoms with Crippen molar-refractivity contribution in [3.63, 3.8) is 0 Å². The molecule has 2 heterocycles. The van der Waals surface area contributed by atoms with Crippen LogP contribution in [0.15, 0.2) is 39.8 Å². The average Bonchev–Trinajstić information content (AvgIpc) is 3.02. The van der Waals surface area contributed by atoms with Crippen LogP contribution in [0.3, 0.4) is 0 Å². The Morgan fingerprint density at radius 1 is 1.30 bits per heavy atom. The molecule has 1 unspecified atom stereocenters. The molecule has 7 nitrogen and oxygen atoms in total. The number of aryl methyl sites for hydroxylation is 2. The maximum atomic E-state index is 13.1. The first-order valence-electron chi connectivity index (χ1n) is 9.15. The number of anilines is 1. The molecule has 3 rings (SSSR count). The summed E-state index contributed by atoms with van der Waals surface area (Å²) in [6.07, 6.45) is 1.32. The van der Waals surface area contributed by atoms with Crippen LogP contribution in [-0.4, -0.2) is 43.4 Å². The van der Waals surface area contributed by atoms with Crippen molar-refractivity contribution in [2.75, 3.05) is 24.5 Å². The summed E-state index contributed by atoms with van der Waals surface area (Å²) in [5, 5.41) is 3.76. The van der Waals surface area contributed by atoms with Crippen LogP contribution < -0.4 is 4.90 Å². The van der Waals surface area contributed by atoms with Crippen LogP contribution in [0.5, 0.6) is 0 Å². The molecule has 1 aromatic heterocycles. The number of carbonyl (C=O) groups excluding carboxylic acids is 1. The molecule has 1 atom stereocenters. The summed E-state index contributed by atoms with van der Waals surface area (Å²) in [5.74, 6) is -0.128. The summed E-state index contributed by atoms with van der Waals surface area (Å²) in [6, 6.07) is 9.46. The maximum absolute atomic E-state index is 13.1. The normalized spacial score (nSPS) is 18.4. The Hall–Kier alpha value is -2.19. The first-order chi connectivity index (χ1) is 12.9. The number of para-hydroxylation sites is 1. The predicted octanol–water partition coefficient (Wildman–Crippen LogP) is 2.75. The van der Waals surface area contributed by atoms with E-state index in [-0.39, 0.29) is 29.0 Å². The Morgan fingerprint density at radius 2 is 2.00 bits per heavy atom. The van der Waals surface area contributed by atoms with E-state index < -0.39 is 10.0 Å². The Kier molecular flexibility index (Phi) is 5.67. The third-order valence-corrected chi connectivity index (χ3v) is 7.06. The van der Waals surface area contributed by atoms with Crippen LogP contribution in [0.1, 0.15) is 31.2 Å². The number of amides is 1. The van der Waals surface area contributed by atoms with Gasteiger partial charge in [0.2, 0.25) is 15.9 Å². The summed E-state index contributed by atoms with van der Waals surface area (Å²) in [7, 11) is -3.74. The van der Waals surface area contributed by atoms with Gasteiger partial charge < -0.3 is 9.42 Å². The predicted molar refractivity (Wildman–Crippen MR) is 102 cm³/mol. The topological polar surface area (TPSA) is 83.7 Å². The summed E-state index contributed by atoms with van der Waals surface area (Å²) in [5.41, 5.74) is 1.18. The van der Waals surface area contributed by atoms with Crippen LogP contribution in [-0.2, 0) is 14.8 Å². The molecule has 8 heteroatoms. The summed E-state index contributed by atoms with van der Waals surface area (Å²) in [4.78, 5) is 14.9. The van der Waals surface area contributed by atoms with E-state index in [1.54, 1.807) is 18.7 Å². The Labute approximate surface area is 160 Å². The molecule has 1 saturated heterocycles. The van der Waals surface area contributed by atoms with E-state index in [2.05, 4.69) is 5.16 Å². The summed E-state index contributed by atoms with van der Waals surface area (Å²) >= 11 is 0. The van der Waals surface area contributed by atoms with Crippen LogP contribution in [0, 0.1) is 19.8 Å². The Bertz CT molecular complexity index is 889. The number of carbonyl (C=O) groups is 1. The molecule has 1 amide bonds. The van der Waals surface area contributed by atoms with Gasteiger partial charge in [-0.2, -0.15) is 4.31 Å². The fourth-order valence-electron chi connectivity index (χ4n) is 3.63. The quantitative estimate of drug-likeness (QED) is 0.782. The molecule has 0 radical (unpaired) electrons. The largest absolute Gasteiger partial charge is 0.360 e. The van der Waals surface area contributed by atoms with E-state index in [9.17, 15) is 13.2 Å². The third kappa shape index (κ3) is 3.77.